The minimum absolute atomic E-state index is 0.198. The summed E-state index contributed by atoms with van der Waals surface area (Å²) < 4.78 is 8.89. The summed E-state index contributed by atoms with van der Waals surface area (Å²) in [6.45, 7) is 2.14. The highest BCUT2D eigenvalue weighted by molar-refractivity contribution is 6.05. The van der Waals surface area contributed by atoms with Gasteiger partial charge in [-0.3, -0.25) is 4.79 Å². The first-order valence-corrected chi connectivity index (χ1v) is 9.91. The van der Waals surface area contributed by atoms with Gasteiger partial charge in [0, 0.05) is 24.9 Å². The molecule has 0 aliphatic carbocycles. The molecule has 1 atom stereocenters. The van der Waals surface area contributed by atoms with Crippen LogP contribution in [-0.4, -0.2) is 47.5 Å². The maximum atomic E-state index is 12.9. The number of hydrogen-bond donors (Lipinski definition) is 1. The van der Waals surface area contributed by atoms with Gasteiger partial charge in [0.05, 0.1) is 7.11 Å². The SMILES string of the molecule is COc1nn(-c2ccccn2)cc1C(=O)Nc1cccc(-c2nnc3n2[C@@H](C)CC3)n1. The highest BCUT2D eigenvalue weighted by Crippen LogP contribution is 2.30. The number of nitrogens with one attached hydrogen (secondary N) is 1. The number of amides is 1. The second-order valence-corrected chi connectivity index (χ2v) is 7.24. The maximum Gasteiger partial charge on any atom is 0.263 e. The predicted molar refractivity (Wildman–Crippen MR) is 112 cm³/mol. The van der Waals surface area contributed by atoms with E-state index in [4.69, 9.17) is 4.74 Å². The van der Waals surface area contributed by atoms with Crippen molar-refractivity contribution in [3.63, 3.8) is 0 Å². The summed E-state index contributed by atoms with van der Waals surface area (Å²) in [6, 6.07) is 11.2. The second-order valence-electron chi connectivity index (χ2n) is 7.24. The number of methoxy groups -OCH3 is 1. The molecule has 0 radical (unpaired) electrons. The van der Waals surface area contributed by atoms with Crippen LogP contribution in [0.15, 0.2) is 48.8 Å². The molecule has 10 heteroatoms. The number of hydrogen-bond acceptors (Lipinski definition) is 7. The lowest BCUT2D eigenvalue weighted by Gasteiger charge is -2.10. The molecule has 0 saturated heterocycles. The van der Waals surface area contributed by atoms with Crippen LogP contribution in [0.5, 0.6) is 5.88 Å². The van der Waals surface area contributed by atoms with Crippen molar-refractivity contribution in [2.75, 3.05) is 12.4 Å². The molecule has 156 valence electrons. The van der Waals surface area contributed by atoms with Gasteiger partial charge in [0.2, 0.25) is 5.88 Å². The van der Waals surface area contributed by atoms with E-state index >= 15 is 0 Å². The third-order valence-electron chi connectivity index (χ3n) is 5.22. The van der Waals surface area contributed by atoms with E-state index in [1.165, 1.54) is 11.8 Å². The quantitative estimate of drug-likeness (QED) is 0.532. The van der Waals surface area contributed by atoms with E-state index in [1.807, 2.05) is 24.3 Å². The molecule has 4 aromatic rings. The molecule has 0 fully saturated rings. The normalized spacial score (nSPS) is 15.0. The minimum atomic E-state index is -0.386. The van der Waals surface area contributed by atoms with Crippen molar-refractivity contribution < 1.29 is 9.53 Å². The van der Waals surface area contributed by atoms with Gasteiger partial charge in [0.25, 0.3) is 5.91 Å². The Morgan fingerprint density at radius 2 is 2.10 bits per heavy atom. The van der Waals surface area contributed by atoms with Gasteiger partial charge in [-0.2, -0.15) is 0 Å². The molecule has 0 bridgehead atoms. The lowest BCUT2D eigenvalue weighted by Crippen LogP contribution is -2.14. The summed E-state index contributed by atoms with van der Waals surface area (Å²) in [4.78, 5) is 21.8. The van der Waals surface area contributed by atoms with Crippen molar-refractivity contribution in [2.45, 2.75) is 25.8 Å². The fourth-order valence-electron chi connectivity index (χ4n) is 3.68. The molecule has 5 rings (SSSR count). The average molecular weight is 416 g/mol. The van der Waals surface area contributed by atoms with Gasteiger partial charge in [-0.25, -0.2) is 14.6 Å². The molecular formula is C21H20N8O2. The molecule has 0 unspecified atom stereocenters. The Morgan fingerprint density at radius 3 is 2.90 bits per heavy atom. The number of rotatable bonds is 5. The Hall–Kier alpha value is -4.08. The van der Waals surface area contributed by atoms with Crippen LogP contribution in [-0.2, 0) is 6.42 Å². The Bertz CT molecular complexity index is 1250. The topological polar surface area (TPSA) is 113 Å². The third kappa shape index (κ3) is 3.41. The van der Waals surface area contributed by atoms with Crippen LogP contribution >= 0.6 is 0 Å². The van der Waals surface area contributed by atoms with Crippen molar-refractivity contribution >= 4 is 11.7 Å². The molecule has 1 N–H and O–H groups in total. The zero-order chi connectivity index (χ0) is 21.4. The van der Waals surface area contributed by atoms with Crippen LogP contribution in [0.4, 0.5) is 5.82 Å². The highest BCUT2D eigenvalue weighted by atomic mass is 16.5. The maximum absolute atomic E-state index is 12.9. The molecule has 1 aliphatic heterocycles. The van der Waals surface area contributed by atoms with Gasteiger partial charge < -0.3 is 14.6 Å². The van der Waals surface area contributed by atoms with Gasteiger partial charge >= 0.3 is 0 Å². The number of fused-ring (bicyclic) bond motifs is 1. The van der Waals surface area contributed by atoms with E-state index < -0.39 is 0 Å². The zero-order valence-electron chi connectivity index (χ0n) is 17.1. The fraction of sp³-hybridized carbons (Fsp3) is 0.238. The van der Waals surface area contributed by atoms with E-state index in [0.29, 0.717) is 29.2 Å². The van der Waals surface area contributed by atoms with Crippen molar-refractivity contribution in [2.24, 2.45) is 0 Å². The Labute approximate surface area is 177 Å². The number of carbonyl (C=O) groups is 1. The summed E-state index contributed by atoms with van der Waals surface area (Å²) in [7, 11) is 1.47. The number of pyridine rings is 2. The molecule has 1 amide bonds. The first-order chi connectivity index (χ1) is 15.1. The molecule has 0 saturated carbocycles. The minimum Gasteiger partial charge on any atom is -0.479 e. The van der Waals surface area contributed by atoms with Crippen LogP contribution in [0.1, 0.15) is 35.6 Å². The summed E-state index contributed by atoms with van der Waals surface area (Å²) in [6.07, 6.45) is 5.17. The van der Waals surface area contributed by atoms with Gasteiger partial charge in [-0.15, -0.1) is 15.3 Å². The number of aromatic nitrogens is 7. The summed E-state index contributed by atoms with van der Waals surface area (Å²) in [5.74, 6) is 2.46. The summed E-state index contributed by atoms with van der Waals surface area (Å²) >= 11 is 0. The fourth-order valence-corrected chi connectivity index (χ4v) is 3.68. The van der Waals surface area contributed by atoms with E-state index in [2.05, 4.69) is 42.1 Å². The van der Waals surface area contributed by atoms with Crippen LogP contribution in [0, 0.1) is 0 Å². The molecule has 10 nitrogen and oxygen atoms in total. The van der Waals surface area contributed by atoms with E-state index in [1.54, 1.807) is 24.5 Å². The van der Waals surface area contributed by atoms with Crippen LogP contribution in [0.3, 0.4) is 0 Å². The Morgan fingerprint density at radius 1 is 1.19 bits per heavy atom. The van der Waals surface area contributed by atoms with E-state index in [-0.39, 0.29) is 17.4 Å². The Balaban J connectivity index is 1.42. The lowest BCUT2D eigenvalue weighted by atomic mass is 10.2. The smallest absolute Gasteiger partial charge is 0.263 e. The number of nitrogens with zero attached hydrogens (tertiary/aromatic N) is 7. The Kier molecular flexibility index (Phi) is 4.66. The molecule has 1 aliphatic rings. The first kappa shape index (κ1) is 18.9. The largest absolute Gasteiger partial charge is 0.479 e. The molecule has 0 spiro atoms. The molecule has 5 heterocycles. The first-order valence-electron chi connectivity index (χ1n) is 9.91. The van der Waals surface area contributed by atoms with Crippen LogP contribution in [0.25, 0.3) is 17.3 Å². The second kappa shape index (κ2) is 7.63. The highest BCUT2D eigenvalue weighted by Gasteiger charge is 2.25. The van der Waals surface area contributed by atoms with Crippen LogP contribution in [0.2, 0.25) is 0 Å². The lowest BCUT2D eigenvalue weighted by molar-refractivity contribution is 0.102. The van der Waals surface area contributed by atoms with Crippen molar-refractivity contribution in [3.8, 4) is 23.2 Å². The van der Waals surface area contributed by atoms with E-state index in [0.717, 1.165) is 18.7 Å². The molecular weight excluding hydrogens is 396 g/mol. The molecule has 31 heavy (non-hydrogen) atoms. The van der Waals surface area contributed by atoms with Gasteiger partial charge in [-0.05, 0) is 37.6 Å². The summed E-state index contributed by atoms with van der Waals surface area (Å²) in [5, 5.41) is 15.7. The number of ether oxygens (including phenoxy) is 1. The van der Waals surface area contributed by atoms with Crippen LogP contribution < -0.4 is 10.1 Å². The molecule has 4 aromatic heterocycles. The van der Waals surface area contributed by atoms with E-state index in [9.17, 15) is 4.79 Å². The number of aryl methyl sites for hydroxylation is 1. The van der Waals surface area contributed by atoms with Gasteiger partial charge in [0.1, 0.15) is 22.9 Å². The number of carbonyl (C=O) groups excluding carboxylic acids is 1. The van der Waals surface area contributed by atoms with Gasteiger partial charge in [-0.1, -0.05) is 12.1 Å². The van der Waals surface area contributed by atoms with Crippen molar-refractivity contribution in [1.82, 2.24) is 34.5 Å². The molecule has 0 aromatic carbocycles. The monoisotopic (exact) mass is 416 g/mol. The average Bonchev–Trinajstić information content (AvgIpc) is 3.51. The third-order valence-corrected chi connectivity index (χ3v) is 5.22. The van der Waals surface area contributed by atoms with Crippen molar-refractivity contribution in [3.05, 3.63) is 60.2 Å². The number of anilines is 1. The van der Waals surface area contributed by atoms with Crippen molar-refractivity contribution in [1.29, 1.82) is 0 Å². The zero-order valence-corrected chi connectivity index (χ0v) is 17.1. The predicted octanol–water partition coefficient (Wildman–Crippen LogP) is 2.69. The van der Waals surface area contributed by atoms with Gasteiger partial charge in [0.15, 0.2) is 11.6 Å². The standard InChI is InChI=1S/C21H20N8O2/c1-13-9-10-18-25-26-19(29(13)18)15-6-5-7-16(23-15)24-20(30)14-12-28(27-21(14)31-2)17-8-3-4-11-22-17/h3-8,11-13H,9-10H2,1-2H3,(H,23,24,30)/t13-/m0/s1. The summed E-state index contributed by atoms with van der Waals surface area (Å²) in [5.41, 5.74) is 0.929.